The Kier molecular flexibility index (Phi) is 7.97. The lowest BCUT2D eigenvalue weighted by molar-refractivity contribution is -0.192. The minimum Gasteiger partial charge on any atom is -0.475 e. The van der Waals surface area contributed by atoms with E-state index in [-0.39, 0.29) is 17.4 Å². The van der Waals surface area contributed by atoms with Gasteiger partial charge in [0.15, 0.2) is 0 Å². The molecular formula is C19H25F3N2O5. The Labute approximate surface area is 166 Å². The molecule has 1 amide bonds. The van der Waals surface area contributed by atoms with Gasteiger partial charge in [0.2, 0.25) is 5.91 Å². The van der Waals surface area contributed by atoms with Gasteiger partial charge in [-0.05, 0) is 31.4 Å². The van der Waals surface area contributed by atoms with Crippen molar-refractivity contribution in [2.75, 3.05) is 33.4 Å². The highest BCUT2D eigenvalue weighted by atomic mass is 19.4. The van der Waals surface area contributed by atoms with Gasteiger partial charge in [-0.1, -0.05) is 6.07 Å². The van der Waals surface area contributed by atoms with E-state index in [9.17, 15) is 18.0 Å². The summed E-state index contributed by atoms with van der Waals surface area (Å²) in [6, 6.07) is 5.69. The van der Waals surface area contributed by atoms with E-state index in [4.69, 9.17) is 19.4 Å². The first-order chi connectivity index (χ1) is 13.7. The van der Waals surface area contributed by atoms with Crippen LogP contribution in [0.3, 0.4) is 0 Å². The van der Waals surface area contributed by atoms with Crippen LogP contribution in [-0.4, -0.2) is 72.6 Å². The summed E-state index contributed by atoms with van der Waals surface area (Å²) in [4.78, 5) is 27.7. The quantitative estimate of drug-likeness (QED) is 0.807. The highest BCUT2D eigenvalue weighted by Crippen LogP contribution is 2.40. The summed E-state index contributed by atoms with van der Waals surface area (Å²) in [5.41, 5.74) is 0.792. The molecule has 0 aliphatic carbocycles. The molecule has 2 saturated heterocycles. The third-order valence-electron chi connectivity index (χ3n) is 5.07. The van der Waals surface area contributed by atoms with E-state index in [1.807, 2.05) is 23.1 Å². The second-order valence-electron chi connectivity index (χ2n) is 7.16. The van der Waals surface area contributed by atoms with Crippen molar-refractivity contribution in [3.05, 3.63) is 30.1 Å². The van der Waals surface area contributed by atoms with Gasteiger partial charge in [-0.25, -0.2) is 4.79 Å². The monoisotopic (exact) mass is 418 g/mol. The van der Waals surface area contributed by atoms with Crippen molar-refractivity contribution >= 4 is 11.9 Å². The Morgan fingerprint density at radius 2 is 2.14 bits per heavy atom. The number of halogens is 3. The molecule has 7 nitrogen and oxygen atoms in total. The number of amides is 1. The maximum atomic E-state index is 12.6. The smallest absolute Gasteiger partial charge is 0.475 e. The molecule has 162 valence electrons. The van der Waals surface area contributed by atoms with E-state index in [1.54, 1.807) is 13.3 Å². The largest absolute Gasteiger partial charge is 0.490 e. The van der Waals surface area contributed by atoms with Crippen molar-refractivity contribution in [2.45, 2.75) is 38.0 Å². The number of methoxy groups -OCH3 is 1. The fourth-order valence-corrected chi connectivity index (χ4v) is 3.77. The van der Waals surface area contributed by atoms with Gasteiger partial charge in [-0.2, -0.15) is 13.2 Å². The first-order valence-corrected chi connectivity index (χ1v) is 9.26. The number of pyridine rings is 1. The van der Waals surface area contributed by atoms with Crippen LogP contribution in [0.15, 0.2) is 24.4 Å². The molecule has 2 aliphatic heterocycles. The summed E-state index contributed by atoms with van der Waals surface area (Å²) in [6.07, 6.45) is 0.254. The number of aromatic nitrogens is 1. The number of carbonyl (C=O) groups is 2. The van der Waals surface area contributed by atoms with Gasteiger partial charge in [-0.15, -0.1) is 0 Å². The van der Waals surface area contributed by atoms with Gasteiger partial charge in [0, 0.05) is 44.1 Å². The van der Waals surface area contributed by atoms with Gasteiger partial charge >= 0.3 is 12.1 Å². The van der Waals surface area contributed by atoms with Crippen LogP contribution in [0.1, 0.15) is 25.0 Å². The lowest BCUT2D eigenvalue weighted by atomic mass is 9.73. The zero-order valence-corrected chi connectivity index (χ0v) is 16.2. The molecule has 3 heterocycles. The molecule has 3 rings (SSSR count). The van der Waals surface area contributed by atoms with E-state index in [2.05, 4.69) is 4.98 Å². The Balaban J connectivity index is 0.000000370. The number of hydrogen-bond acceptors (Lipinski definition) is 5. The number of ether oxygens (including phenoxy) is 2. The number of alkyl halides is 3. The molecule has 0 saturated carbocycles. The minimum absolute atomic E-state index is 0.0367. The number of carboxylic acid groups (broad SMARTS) is 1. The summed E-state index contributed by atoms with van der Waals surface area (Å²) in [7, 11) is 1.73. The van der Waals surface area contributed by atoms with Gasteiger partial charge in [0.1, 0.15) is 0 Å². The molecule has 0 bridgehead atoms. The topological polar surface area (TPSA) is 89.0 Å². The number of likely N-dealkylation sites (tertiary alicyclic amines) is 1. The van der Waals surface area contributed by atoms with Crippen LogP contribution < -0.4 is 0 Å². The van der Waals surface area contributed by atoms with Crippen LogP contribution in [0.2, 0.25) is 0 Å². The molecule has 1 N–H and O–H groups in total. The molecule has 2 aliphatic rings. The number of piperidine rings is 1. The maximum Gasteiger partial charge on any atom is 0.490 e. The molecule has 2 fully saturated rings. The minimum atomic E-state index is -5.08. The Hall–Kier alpha value is -2.20. The van der Waals surface area contributed by atoms with Crippen LogP contribution in [0.5, 0.6) is 0 Å². The number of carbonyl (C=O) groups excluding carboxylic acids is 1. The standard InChI is InChI=1S/C17H24N2O3.C2HF3O2/c1-21-13-17-7-4-10-22-15(17)6-9-19(12-17)16(20)11-14-5-2-3-8-18-14;3-2(4,5)1(6)7/h2-3,5,8,15H,4,6-7,9-13H2,1H3;(H,6,7). The molecule has 1 aromatic rings. The van der Waals surface area contributed by atoms with E-state index < -0.39 is 12.1 Å². The zero-order chi connectivity index (χ0) is 21.5. The van der Waals surface area contributed by atoms with Crippen LogP contribution >= 0.6 is 0 Å². The number of carboxylic acids is 1. The van der Waals surface area contributed by atoms with Crippen molar-refractivity contribution in [3.8, 4) is 0 Å². The Bertz CT molecular complexity index is 682. The summed E-state index contributed by atoms with van der Waals surface area (Å²) in [5.74, 6) is -2.61. The Morgan fingerprint density at radius 1 is 1.41 bits per heavy atom. The average molecular weight is 418 g/mol. The van der Waals surface area contributed by atoms with Crippen molar-refractivity contribution < 1.29 is 37.3 Å². The summed E-state index contributed by atoms with van der Waals surface area (Å²) in [5, 5.41) is 7.12. The highest BCUT2D eigenvalue weighted by molar-refractivity contribution is 5.78. The summed E-state index contributed by atoms with van der Waals surface area (Å²) < 4.78 is 43.1. The zero-order valence-electron chi connectivity index (χ0n) is 16.2. The molecular weight excluding hydrogens is 393 g/mol. The first-order valence-electron chi connectivity index (χ1n) is 9.26. The van der Waals surface area contributed by atoms with E-state index in [1.165, 1.54) is 0 Å². The summed E-state index contributed by atoms with van der Waals surface area (Å²) in [6.45, 7) is 2.99. The predicted octanol–water partition coefficient (Wildman–Crippen LogP) is 2.30. The third kappa shape index (κ3) is 6.40. The molecule has 0 radical (unpaired) electrons. The van der Waals surface area contributed by atoms with Gasteiger partial charge in [-0.3, -0.25) is 9.78 Å². The normalized spacial score (nSPS) is 24.1. The lowest BCUT2D eigenvalue weighted by Gasteiger charge is -2.50. The Morgan fingerprint density at radius 3 is 2.72 bits per heavy atom. The van der Waals surface area contributed by atoms with Crippen molar-refractivity contribution in [1.82, 2.24) is 9.88 Å². The van der Waals surface area contributed by atoms with Crippen LogP contribution in [-0.2, 0) is 25.5 Å². The maximum absolute atomic E-state index is 12.6. The molecule has 0 aromatic carbocycles. The van der Waals surface area contributed by atoms with E-state index in [0.29, 0.717) is 13.0 Å². The SMILES string of the molecule is COCC12CCCOC1CCN(C(=O)Cc1ccccn1)C2.O=C(O)C(F)(F)F. The second kappa shape index (κ2) is 10.0. The summed E-state index contributed by atoms with van der Waals surface area (Å²) >= 11 is 0. The van der Waals surface area contributed by atoms with E-state index >= 15 is 0 Å². The van der Waals surface area contributed by atoms with Crippen LogP contribution in [0.4, 0.5) is 13.2 Å². The molecule has 29 heavy (non-hydrogen) atoms. The average Bonchev–Trinajstić information content (AvgIpc) is 2.68. The fourth-order valence-electron chi connectivity index (χ4n) is 3.77. The number of rotatable bonds is 4. The van der Waals surface area contributed by atoms with Crippen molar-refractivity contribution in [3.63, 3.8) is 0 Å². The van der Waals surface area contributed by atoms with Gasteiger partial charge in [0.25, 0.3) is 0 Å². The van der Waals surface area contributed by atoms with Crippen LogP contribution in [0.25, 0.3) is 0 Å². The lowest BCUT2D eigenvalue weighted by Crippen LogP contribution is -2.58. The van der Waals surface area contributed by atoms with Gasteiger partial charge in [0.05, 0.1) is 19.1 Å². The number of fused-ring (bicyclic) bond motifs is 1. The molecule has 2 unspecified atom stereocenters. The van der Waals surface area contributed by atoms with Crippen molar-refractivity contribution in [2.24, 2.45) is 5.41 Å². The first kappa shape index (κ1) is 23.1. The highest BCUT2D eigenvalue weighted by Gasteiger charge is 2.47. The van der Waals surface area contributed by atoms with Gasteiger partial charge < -0.3 is 19.5 Å². The predicted molar refractivity (Wildman–Crippen MR) is 96.1 cm³/mol. The number of hydrogen-bond donors (Lipinski definition) is 1. The fraction of sp³-hybridized carbons (Fsp3) is 0.632. The number of nitrogens with zero attached hydrogens (tertiary/aromatic N) is 2. The molecule has 2 atom stereocenters. The van der Waals surface area contributed by atoms with Crippen molar-refractivity contribution in [1.29, 1.82) is 0 Å². The van der Waals surface area contributed by atoms with Crippen LogP contribution in [0, 0.1) is 5.41 Å². The molecule has 0 spiro atoms. The third-order valence-corrected chi connectivity index (χ3v) is 5.07. The molecule has 10 heteroatoms. The molecule has 1 aromatic heterocycles. The van der Waals surface area contributed by atoms with E-state index in [0.717, 1.165) is 44.7 Å². The number of aliphatic carboxylic acids is 1. The second-order valence-corrected chi connectivity index (χ2v) is 7.16.